The van der Waals surface area contributed by atoms with Gasteiger partial charge in [-0.1, -0.05) is 12.1 Å². The molecule has 0 radical (unpaired) electrons. The largest absolute Gasteiger partial charge is 0.394 e. The standard InChI is InChI=1S/C18H18N4O3S/c1-2-16-20-15(11-26-16)21-18(25)19-14(10-23)12-5-7-13(8-6-12)22-9-3-4-17(22)24/h1,5-8,11,14,23H,3-4,9-10H2,(H2,19,21,25)/t14-/m0/s1. The van der Waals surface area contributed by atoms with Gasteiger partial charge in [-0.15, -0.1) is 17.8 Å². The van der Waals surface area contributed by atoms with Crippen LogP contribution in [-0.2, 0) is 4.79 Å². The zero-order valence-corrected chi connectivity index (χ0v) is 14.8. The van der Waals surface area contributed by atoms with Gasteiger partial charge in [-0.05, 0) is 30.0 Å². The van der Waals surface area contributed by atoms with Crippen molar-refractivity contribution in [3.63, 3.8) is 0 Å². The maximum atomic E-state index is 12.1. The maximum absolute atomic E-state index is 12.1. The molecule has 1 saturated heterocycles. The maximum Gasteiger partial charge on any atom is 0.320 e. The van der Waals surface area contributed by atoms with Gasteiger partial charge in [0.1, 0.15) is 5.82 Å². The summed E-state index contributed by atoms with van der Waals surface area (Å²) in [5.74, 6) is 2.87. The molecular formula is C18H18N4O3S. The van der Waals surface area contributed by atoms with E-state index in [2.05, 4.69) is 21.5 Å². The Balaban J connectivity index is 1.63. The summed E-state index contributed by atoms with van der Waals surface area (Å²) in [5, 5.41) is 17.0. The second-order valence-electron chi connectivity index (χ2n) is 5.76. The molecule has 0 saturated carbocycles. The molecule has 2 aromatic rings. The lowest BCUT2D eigenvalue weighted by molar-refractivity contribution is -0.117. The molecule has 26 heavy (non-hydrogen) atoms. The van der Waals surface area contributed by atoms with E-state index >= 15 is 0 Å². The Labute approximate surface area is 155 Å². The summed E-state index contributed by atoms with van der Waals surface area (Å²) in [5.41, 5.74) is 1.56. The van der Waals surface area contributed by atoms with Gasteiger partial charge in [0.05, 0.1) is 12.6 Å². The van der Waals surface area contributed by atoms with Crippen molar-refractivity contribution in [3.05, 3.63) is 40.2 Å². The number of anilines is 2. The molecule has 0 aliphatic carbocycles. The predicted octanol–water partition coefficient (Wildman–Crippen LogP) is 2.11. The van der Waals surface area contributed by atoms with Crippen LogP contribution < -0.4 is 15.5 Å². The molecule has 134 valence electrons. The van der Waals surface area contributed by atoms with Crippen LogP contribution in [0.2, 0.25) is 0 Å². The van der Waals surface area contributed by atoms with Gasteiger partial charge >= 0.3 is 6.03 Å². The van der Waals surface area contributed by atoms with Crippen molar-refractivity contribution in [2.24, 2.45) is 0 Å². The number of rotatable bonds is 5. The van der Waals surface area contributed by atoms with E-state index in [1.807, 2.05) is 12.1 Å². The minimum absolute atomic E-state index is 0.114. The second-order valence-corrected chi connectivity index (χ2v) is 6.61. The molecule has 1 aromatic heterocycles. The van der Waals surface area contributed by atoms with Crippen LogP contribution in [0.4, 0.5) is 16.3 Å². The normalized spacial score (nSPS) is 14.8. The monoisotopic (exact) mass is 370 g/mol. The van der Waals surface area contributed by atoms with Gasteiger partial charge in [-0.3, -0.25) is 10.1 Å². The van der Waals surface area contributed by atoms with Crippen molar-refractivity contribution < 1.29 is 14.7 Å². The highest BCUT2D eigenvalue weighted by Crippen LogP contribution is 2.23. The molecule has 0 unspecified atom stereocenters. The minimum atomic E-state index is -0.580. The number of urea groups is 1. The van der Waals surface area contributed by atoms with Crippen LogP contribution in [0.5, 0.6) is 0 Å². The zero-order chi connectivity index (χ0) is 18.5. The fraction of sp³-hybridized carbons (Fsp3) is 0.278. The van der Waals surface area contributed by atoms with E-state index in [1.165, 1.54) is 11.3 Å². The van der Waals surface area contributed by atoms with Crippen molar-refractivity contribution in [2.45, 2.75) is 18.9 Å². The lowest BCUT2D eigenvalue weighted by atomic mass is 10.1. The van der Waals surface area contributed by atoms with Gasteiger partial charge in [0, 0.05) is 24.0 Å². The lowest BCUT2D eigenvalue weighted by Crippen LogP contribution is -2.34. The average molecular weight is 370 g/mol. The summed E-state index contributed by atoms with van der Waals surface area (Å²) in [6, 6.07) is 6.16. The van der Waals surface area contributed by atoms with Gasteiger partial charge in [0.25, 0.3) is 0 Å². The molecule has 1 aliphatic heterocycles. The molecular weight excluding hydrogens is 352 g/mol. The van der Waals surface area contributed by atoms with Crippen LogP contribution in [-0.4, -0.2) is 35.2 Å². The van der Waals surface area contributed by atoms with Crippen molar-refractivity contribution >= 4 is 34.8 Å². The number of terminal acetylenes is 1. The quantitative estimate of drug-likeness (QED) is 0.703. The van der Waals surface area contributed by atoms with Gasteiger partial charge in [0.15, 0.2) is 5.01 Å². The van der Waals surface area contributed by atoms with E-state index in [0.29, 0.717) is 17.2 Å². The molecule has 1 fully saturated rings. The predicted molar refractivity (Wildman–Crippen MR) is 100 cm³/mol. The number of carbonyl (C=O) groups is 2. The Morgan fingerprint density at radius 2 is 2.19 bits per heavy atom. The number of nitrogens with one attached hydrogen (secondary N) is 2. The molecule has 3 rings (SSSR count). The molecule has 1 aromatic carbocycles. The van der Waals surface area contributed by atoms with Crippen LogP contribution in [0, 0.1) is 12.3 Å². The first-order valence-electron chi connectivity index (χ1n) is 8.11. The number of hydrogen-bond acceptors (Lipinski definition) is 5. The molecule has 3 amide bonds. The highest BCUT2D eigenvalue weighted by atomic mass is 32.1. The Kier molecular flexibility index (Phi) is 5.51. The number of amides is 3. The topological polar surface area (TPSA) is 94.6 Å². The van der Waals surface area contributed by atoms with Crippen LogP contribution in [0.3, 0.4) is 0 Å². The highest BCUT2D eigenvalue weighted by molar-refractivity contribution is 7.10. The van der Waals surface area contributed by atoms with E-state index in [4.69, 9.17) is 6.42 Å². The Hall–Kier alpha value is -2.89. The van der Waals surface area contributed by atoms with Gasteiger partial charge < -0.3 is 15.3 Å². The fourth-order valence-electron chi connectivity index (χ4n) is 2.75. The van der Waals surface area contributed by atoms with E-state index in [-0.39, 0.29) is 12.5 Å². The average Bonchev–Trinajstić information content (AvgIpc) is 3.28. The van der Waals surface area contributed by atoms with Gasteiger partial charge in [-0.25, -0.2) is 9.78 Å². The van der Waals surface area contributed by atoms with Gasteiger partial charge in [-0.2, -0.15) is 0 Å². The number of benzene rings is 1. The Bertz CT molecular complexity index is 841. The van der Waals surface area contributed by atoms with Crippen molar-refractivity contribution in [3.8, 4) is 12.3 Å². The first-order chi connectivity index (χ1) is 12.6. The molecule has 8 heteroatoms. The number of carbonyl (C=O) groups excluding carboxylic acids is 2. The summed E-state index contributed by atoms with van der Waals surface area (Å²) >= 11 is 1.26. The highest BCUT2D eigenvalue weighted by Gasteiger charge is 2.22. The lowest BCUT2D eigenvalue weighted by Gasteiger charge is -2.19. The van der Waals surface area contributed by atoms with Gasteiger partial charge in [0.2, 0.25) is 5.91 Å². The Morgan fingerprint density at radius 3 is 2.77 bits per heavy atom. The number of aliphatic hydroxyl groups excluding tert-OH is 1. The fourth-order valence-corrected chi connectivity index (χ4v) is 3.30. The smallest absolute Gasteiger partial charge is 0.320 e. The summed E-state index contributed by atoms with van der Waals surface area (Å²) in [6.45, 7) is 0.456. The number of aliphatic hydroxyl groups is 1. The molecule has 3 N–H and O–H groups in total. The summed E-state index contributed by atoms with van der Waals surface area (Å²) in [4.78, 5) is 29.7. The number of aromatic nitrogens is 1. The van der Waals surface area contributed by atoms with E-state index < -0.39 is 12.1 Å². The Morgan fingerprint density at radius 1 is 1.42 bits per heavy atom. The molecule has 0 spiro atoms. The third-order valence-corrected chi connectivity index (χ3v) is 4.81. The third-order valence-electron chi connectivity index (χ3n) is 4.04. The minimum Gasteiger partial charge on any atom is -0.394 e. The SMILES string of the molecule is C#Cc1nc(NC(=O)N[C@@H](CO)c2ccc(N3CCCC3=O)cc2)cs1. The summed E-state index contributed by atoms with van der Waals surface area (Å²) < 4.78 is 0. The zero-order valence-electron chi connectivity index (χ0n) is 13.9. The van der Waals surface area contributed by atoms with Crippen LogP contribution in [0.15, 0.2) is 29.6 Å². The summed E-state index contributed by atoms with van der Waals surface area (Å²) in [6.07, 6.45) is 6.68. The van der Waals surface area contributed by atoms with E-state index in [1.54, 1.807) is 22.4 Å². The number of thiazole rings is 1. The molecule has 0 bridgehead atoms. The van der Waals surface area contributed by atoms with Crippen LogP contribution >= 0.6 is 11.3 Å². The number of nitrogens with zero attached hydrogens (tertiary/aromatic N) is 2. The molecule has 1 atom stereocenters. The molecule has 7 nitrogen and oxygen atoms in total. The van der Waals surface area contributed by atoms with Crippen molar-refractivity contribution in [2.75, 3.05) is 23.4 Å². The molecule has 1 aliphatic rings. The number of hydrogen-bond donors (Lipinski definition) is 3. The van der Waals surface area contributed by atoms with Crippen LogP contribution in [0.25, 0.3) is 0 Å². The van der Waals surface area contributed by atoms with E-state index in [9.17, 15) is 14.7 Å². The third kappa shape index (κ3) is 4.02. The van der Waals surface area contributed by atoms with Crippen LogP contribution in [0.1, 0.15) is 29.5 Å². The first-order valence-corrected chi connectivity index (χ1v) is 8.99. The second kappa shape index (κ2) is 7.99. The van der Waals surface area contributed by atoms with Crippen molar-refractivity contribution in [1.29, 1.82) is 0 Å². The summed E-state index contributed by atoms with van der Waals surface area (Å²) in [7, 11) is 0. The van der Waals surface area contributed by atoms with Crippen molar-refractivity contribution in [1.82, 2.24) is 10.3 Å². The van der Waals surface area contributed by atoms with E-state index in [0.717, 1.165) is 24.2 Å². The first kappa shape index (κ1) is 17.9. The molecule has 2 heterocycles.